The molecule has 0 aromatic heterocycles. The maximum Gasteiger partial charge on any atom is 0.310 e. The molecule has 0 amide bonds. The van der Waals surface area contributed by atoms with Crippen molar-refractivity contribution in [2.45, 2.75) is 32.8 Å². The Morgan fingerprint density at radius 3 is 2.07 bits per heavy atom. The fourth-order valence-corrected chi connectivity index (χ4v) is 1.24. The summed E-state index contributed by atoms with van der Waals surface area (Å²) >= 11 is 0. The lowest BCUT2D eigenvalue weighted by atomic mass is 10.2. The quantitative estimate of drug-likeness (QED) is 0.627. The Morgan fingerprint density at radius 2 is 1.64 bits per heavy atom. The van der Waals surface area contributed by atoms with Gasteiger partial charge in [-0.3, -0.25) is 9.59 Å². The summed E-state index contributed by atoms with van der Waals surface area (Å²) in [4.78, 5) is 22.4. The van der Waals surface area contributed by atoms with Gasteiger partial charge < -0.3 is 9.47 Å². The van der Waals surface area contributed by atoms with Gasteiger partial charge in [-0.2, -0.15) is 0 Å². The van der Waals surface area contributed by atoms with Gasteiger partial charge >= 0.3 is 11.9 Å². The molecule has 1 fully saturated rings. The van der Waals surface area contributed by atoms with Crippen molar-refractivity contribution in [3.05, 3.63) is 0 Å². The van der Waals surface area contributed by atoms with E-state index < -0.39 is 5.60 Å². The normalized spacial score (nSPS) is 25.4. The lowest BCUT2D eigenvalue weighted by molar-refractivity contribution is -0.158. The molecule has 0 saturated heterocycles. The van der Waals surface area contributed by atoms with Crippen molar-refractivity contribution in [1.29, 1.82) is 0 Å². The van der Waals surface area contributed by atoms with Crippen molar-refractivity contribution in [2.75, 3.05) is 7.11 Å². The molecule has 14 heavy (non-hydrogen) atoms. The lowest BCUT2D eigenvalue weighted by Gasteiger charge is -2.19. The van der Waals surface area contributed by atoms with E-state index in [2.05, 4.69) is 4.74 Å². The predicted molar refractivity (Wildman–Crippen MR) is 49.5 cm³/mol. The van der Waals surface area contributed by atoms with Crippen LogP contribution in [0.25, 0.3) is 0 Å². The van der Waals surface area contributed by atoms with E-state index >= 15 is 0 Å². The number of esters is 2. The molecular formula is C10H16O4. The van der Waals surface area contributed by atoms with Gasteiger partial charge in [0.1, 0.15) is 5.60 Å². The zero-order valence-corrected chi connectivity index (χ0v) is 8.99. The lowest BCUT2D eigenvalue weighted by Crippen LogP contribution is -2.25. The molecule has 80 valence electrons. The minimum Gasteiger partial charge on any atom is -0.469 e. The first-order valence-corrected chi connectivity index (χ1v) is 4.66. The molecule has 0 aromatic carbocycles. The molecule has 0 heterocycles. The van der Waals surface area contributed by atoms with Crippen LogP contribution in [0.4, 0.5) is 0 Å². The summed E-state index contributed by atoms with van der Waals surface area (Å²) in [5, 5.41) is 0. The number of carbonyl (C=O) groups is 2. The second-order valence-corrected chi connectivity index (χ2v) is 4.51. The van der Waals surface area contributed by atoms with E-state index in [-0.39, 0.29) is 23.8 Å². The average Bonchev–Trinajstić information content (AvgIpc) is 2.78. The van der Waals surface area contributed by atoms with Crippen LogP contribution >= 0.6 is 0 Å². The van der Waals surface area contributed by atoms with E-state index in [0.717, 1.165) is 0 Å². The first-order chi connectivity index (χ1) is 6.35. The van der Waals surface area contributed by atoms with Gasteiger partial charge in [-0.05, 0) is 27.2 Å². The van der Waals surface area contributed by atoms with Crippen LogP contribution in [0.5, 0.6) is 0 Å². The van der Waals surface area contributed by atoms with Crippen LogP contribution in [-0.4, -0.2) is 24.6 Å². The van der Waals surface area contributed by atoms with Crippen LogP contribution in [0.1, 0.15) is 27.2 Å². The Morgan fingerprint density at radius 1 is 1.14 bits per heavy atom. The number of hydrogen-bond acceptors (Lipinski definition) is 4. The Hall–Kier alpha value is -1.06. The first-order valence-electron chi connectivity index (χ1n) is 4.66. The maximum atomic E-state index is 11.4. The molecule has 4 heteroatoms. The Balaban J connectivity index is 2.40. The van der Waals surface area contributed by atoms with Crippen LogP contribution in [0.3, 0.4) is 0 Å². The fourth-order valence-electron chi connectivity index (χ4n) is 1.24. The summed E-state index contributed by atoms with van der Waals surface area (Å²) in [5.74, 6) is -1.19. The molecule has 1 aliphatic rings. The molecule has 0 unspecified atom stereocenters. The minimum absolute atomic E-state index is 0.283. The monoisotopic (exact) mass is 200 g/mol. The van der Waals surface area contributed by atoms with Crippen molar-refractivity contribution in [1.82, 2.24) is 0 Å². The molecule has 1 rings (SSSR count). The van der Waals surface area contributed by atoms with Crippen molar-refractivity contribution >= 4 is 11.9 Å². The highest BCUT2D eigenvalue weighted by atomic mass is 16.6. The number of hydrogen-bond donors (Lipinski definition) is 0. The van der Waals surface area contributed by atoms with Crippen LogP contribution in [0, 0.1) is 11.8 Å². The number of methoxy groups -OCH3 is 1. The Labute approximate surface area is 83.6 Å². The summed E-state index contributed by atoms with van der Waals surface area (Å²) in [6, 6.07) is 0. The molecule has 0 bridgehead atoms. The fraction of sp³-hybridized carbons (Fsp3) is 0.800. The third kappa shape index (κ3) is 2.72. The molecule has 0 aromatic rings. The van der Waals surface area contributed by atoms with E-state index in [9.17, 15) is 9.59 Å². The Kier molecular flexibility index (Phi) is 2.83. The number of rotatable bonds is 2. The van der Waals surface area contributed by atoms with Crippen molar-refractivity contribution in [3.8, 4) is 0 Å². The van der Waals surface area contributed by atoms with Crippen LogP contribution in [0.15, 0.2) is 0 Å². The van der Waals surface area contributed by atoms with Gasteiger partial charge in [0.25, 0.3) is 0 Å². The molecule has 1 saturated carbocycles. The smallest absolute Gasteiger partial charge is 0.310 e. The molecule has 0 aliphatic heterocycles. The molecule has 0 radical (unpaired) electrons. The second-order valence-electron chi connectivity index (χ2n) is 4.51. The average molecular weight is 200 g/mol. The summed E-state index contributed by atoms with van der Waals surface area (Å²) in [7, 11) is 1.33. The predicted octanol–water partition coefficient (Wildman–Crippen LogP) is 1.14. The first kappa shape index (κ1) is 11.0. The topological polar surface area (TPSA) is 52.6 Å². The SMILES string of the molecule is COC(=O)[C@H]1C[C@H]1C(=O)OC(C)(C)C. The van der Waals surface area contributed by atoms with Crippen LogP contribution in [0.2, 0.25) is 0 Å². The van der Waals surface area contributed by atoms with Crippen LogP contribution in [-0.2, 0) is 19.1 Å². The van der Waals surface area contributed by atoms with E-state index in [1.165, 1.54) is 7.11 Å². The summed E-state index contributed by atoms with van der Waals surface area (Å²) in [6.07, 6.45) is 0.557. The third-order valence-electron chi connectivity index (χ3n) is 2.00. The zero-order chi connectivity index (χ0) is 10.9. The van der Waals surface area contributed by atoms with E-state index in [1.54, 1.807) is 20.8 Å². The van der Waals surface area contributed by atoms with Crippen LogP contribution < -0.4 is 0 Å². The van der Waals surface area contributed by atoms with Crippen molar-refractivity contribution < 1.29 is 19.1 Å². The summed E-state index contributed by atoms with van der Waals surface area (Å²) in [5.41, 5.74) is -0.486. The van der Waals surface area contributed by atoms with Crippen molar-refractivity contribution in [2.24, 2.45) is 11.8 Å². The van der Waals surface area contributed by atoms with Gasteiger partial charge in [-0.1, -0.05) is 0 Å². The van der Waals surface area contributed by atoms with E-state index in [1.807, 2.05) is 0 Å². The van der Waals surface area contributed by atoms with E-state index in [4.69, 9.17) is 4.74 Å². The van der Waals surface area contributed by atoms with E-state index in [0.29, 0.717) is 6.42 Å². The number of ether oxygens (including phenoxy) is 2. The number of carbonyl (C=O) groups excluding carboxylic acids is 2. The largest absolute Gasteiger partial charge is 0.469 e. The third-order valence-corrected chi connectivity index (χ3v) is 2.00. The van der Waals surface area contributed by atoms with Gasteiger partial charge in [-0.25, -0.2) is 0 Å². The minimum atomic E-state index is -0.486. The maximum absolute atomic E-state index is 11.4. The summed E-state index contributed by atoms with van der Waals surface area (Å²) < 4.78 is 9.68. The Bertz CT molecular complexity index is 251. The molecule has 1 aliphatic carbocycles. The highest BCUT2D eigenvalue weighted by Crippen LogP contribution is 2.41. The van der Waals surface area contributed by atoms with Gasteiger partial charge in [0.2, 0.25) is 0 Å². The highest BCUT2D eigenvalue weighted by molar-refractivity contribution is 5.87. The molecule has 0 spiro atoms. The van der Waals surface area contributed by atoms with Gasteiger partial charge in [-0.15, -0.1) is 0 Å². The zero-order valence-electron chi connectivity index (χ0n) is 8.99. The highest BCUT2D eigenvalue weighted by Gasteiger charge is 2.50. The van der Waals surface area contributed by atoms with Gasteiger partial charge in [0.05, 0.1) is 18.9 Å². The standard InChI is InChI=1S/C10H16O4/c1-10(2,3)14-9(12)7-5-6(7)8(11)13-4/h6-7H,5H2,1-4H3/t6-,7+/m0/s1. The molecular weight excluding hydrogens is 184 g/mol. The second kappa shape index (κ2) is 3.59. The molecule has 4 nitrogen and oxygen atoms in total. The molecule has 2 atom stereocenters. The van der Waals surface area contributed by atoms with Gasteiger partial charge in [0, 0.05) is 0 Å². The van der Waals surface area contributed by atoms with Gasteiger partial charge in [0.15, 0.2) is 0 Å². The van der Waals surface area contributed by atoms with Crippen molar-refractivity contribution in [3.63, 3.8) is 0 Å². The summed E-state index contributed by atoms with van der Waals surface area (Å²) in [6.45, 7) is 5.42. The molecule has 0 N–H and O–H groups in total.